The van der Waals surface area contributed by atoms with E-state index in [1.807, 2.05) is 0 Å². The van der Waals surface area contributed by atoms with Crippen LogP contribution in [0.15, 0.2) is 23.1 Å². The predicted molar refractivity (Wildman–Crippen MR) is 83.1 cm³/mol. The molecule has 1 saturated heterocycles. The molecule has 0 aromatic carbocycles. The van der Waals surface area contributed by atoms with Crippen LogP contribution in [0, 0.1) is 0 Å². The number of likely N-dealkylation sites (tertiary alicyclic amines) is 1. The van der Waals surface area contributed by atoms with E-state index >= 15 is 0 Å². The third-order valence-electron chi connectivity index (χ3n) is 3.80. The van der Waals surface area contributed by atoms with E-state index in [1.165, 1.54) is 11.7 Å². The number of aromatic nitrogens is 1. The van der Waals surface area contributed by atoms with Gasteiger partial charge < -0.3 is 18.9 Å². The summed E-state index contributed by atoms with van der Waals surface area (Å²) < 4.78 is 12.1. The van der Waals surface area contributed by atoms with Crippen LogP contribution in [0.1, 0.15) is 26.2 Å². The van der Waals surface area contributed by atoms with Crippen LogP contribution < -0.4 is 10.3 Å². The fraction of sp³-hybridized carbons (Fsp3) is 0.625. The van der Waals surface area contributed by atoms with Crippen LogP contribution in [0.3, 0.4) is 0 Å². The van der Waals surface area contributed by atoms with Gasteiger partial charge in [-0.25, -0.2) is 0 Å². The number of hydrogen-bond acceptors (Lipinski definition) is 4. The molecule has 122 valence electrons. The van der Waals surface area contributed by atoms with Crippen molar-refractivity contribution in [2.45, 2.75) is 38.8 Å². The number of carbonyl (C=O) groups excluding carboxylic acids is 1. The topological polar surface area (TPSA) is 60.8 Å². The molecule has 0 bridgehead atoms. The monoisotopic (exact) mass is 308 g/mol. The molecule has 22 heavy (non-hydrogen) atoms. The largest absolute Gasteiger partial charge is 0.491 e. The SMILES string of the molecule is CCCO[C@H]1CCCN(C(=O)Cn2cccc(OC)c2=O)C1. The smallest absolute Gasteiger partial charge is 0.293 e. The minimum absolute atomic E-state index is 0.0382. The Morgan fingerprint density at radius 2 is 2.27 bits per heavy atom. The molecule has 1 atom stereocenters. The van der Waals surface area contributed by atoms with Crippen molar-refractivity contribution >= 4 is 5.91 Å². The van der Waals surface area contributed by atoms with Crippen molar-refractivity contribution in [3.05, 3.63) is 28.7 Å². The lowest BCUT2D eigenvalue weighted by atomic mass is 10.1. The second-order valence-corrected chi connectivity index (χ2v) is 5.48. The molecule has 1 fully saturated rings. The van der Waals surface area contributed by atoms with Gasteiger partial charge >= 0.3 is 0 Å². The van der Waals surface area contributed by atoms with Crippen molar-refractivity contribution in [2.24, 2.45) is 0 Å². The Morgan fingerprint density at radius 1 is 1.45 bits per heavy atom. The van der Waals surface area contributed by atoms with Crippen molar-refractivity contribution in [3.8, 4) is 5.75 Å². The molecule has 0 spiro atoms. The molecule has 2 rings (SSSR count). The first-order valence-electron chi connectivity index (χ1n) is 7.78. The van der Waals surface area contributed by atoms with E-state index < -0.39 is 0 Å². The van der Waals surface area contributed by atoms with Gasteiger partial charge in [-0.3, -0.25) is 9.59 Å². The molecule has 6 nitrogen and oxygen atoms in total. The summed E-state index contributed by atoms with van der Waals surface area (Å²) >= 11 is 0. The van der Waals surface area contributed by atoms with E-state index in [4.69, 9.17) is 9.47 Å². The van der Waals surface area contributed by atoms with Crippen molar-refractivity contribution in [2.75, 3.05) is 26.8 Å². The molecular weight excluding hydrogens is 284 g/mol. The summed E-state index contributed by atoms with van der Waals surface area (Å²) in [5.41, 5.74) is -0.283. The van der Waals surface area contributed by atoms with Crippen LogP contribution in [0.2, 0.25) is 0 Å². The fourth-order valence-electron chi connectivity index (χ4n) is 2.63. The molecule has 1 aliphatic heterocycles. The van der Waals surface area contributed by atoms with Crippen molar-refractivity contribution in [3.63, 3.8) is 0 Å². The molecule has 2 heterocycles. The van der Waals surface area contributed by atoms with Crippen LogP contribution in [0.4, 0.5) is 0 Å². The van der Waals surface area contributed by atoms with Gasteiger partial charge in [-0.1, -0.05) is 6.92 Å². The number of ether oxygens (including phenoxy) is 2. The maximum atomic E-state index is 12.4. The van der Waals surface area contributed by atoms with Gasteiger partial charge in [-0.15, -0.1) is 0 Å². The van der Waals surface area contributed by atoms with Crippen molar-refractivity contribution in [1.82, 2.24) is 9.47 Å². The van der Waals surface area contributed by atoms with E-state index in [9.17, 15) is 9.59 Å². The zero-order valence-corrected chi connectivity index (χ0v) is 13.3. The highest BCUT2D eigenvalue weighted by molar-refractivity contribution is 5.76. The van der Waals surface area contributed by atoms with Gasteiger partial charge in [-0.2, -0.15) is 0 Å². The maximum absolute atomic E-state index is 12.4. The van der Waals surface area contributed by atoms with E-state index in [2.05, 4.69) is 6.92 Å². The number of carbonyl (C=O) groups is 1. The summed E-state index contributed by atoms with van der Waals surface area (Å²) in [6.45, 7) is 4.17. The van der Waals surface area contributed by atoms with E-state index in [0.717, 1.165) is 32.4 Å². The van der Waals surface area contributed by atoms with Crippen molar-refractivity contribution < 1.29 is 14.3 Å². The lowest BCUT2D eigenvalue weighted by Crippen LogP contribution is -2.45. The fourth-order valence-corrected chi connectivity index (χ4v) is 2.63. The van der Waals surface area contributed by atoms with Gasteiger partial charge in [-0.05, 0) is 31.4 Å². The Morgan fingerprint density at radius 3 is 3.00 bits per heavy atom. The average molecular weight is 308 g/mol. The summed E-state index contributed by atoms with van der Waals surface area (Å²) in [5.74, 6) is 0.193. The number of hydrogen-bond donors (Lipinski definition) is 0. The number of methoxy groups -OCH3 is 1. The molecule has 0 aliphatic carbocycles. The Hall–Kier alpha value is -1.82. The molecule has 0 radical (unpaired) electrons. The highest BCUT2D eigenvalue weighted by atomic mass is 16.5. The minimum atomic E-state index is -0.283. The lowest BCUT2D eigenvalue weighted by Gasteiger charge is -2.32. The normalized spacial score (nSPS) is 18.3. The van der Waals surface area contributed by atoms with E-state index in [-0.39, 0.29) is 29.9 Å². The second kappa shape index (κ2) is 7.98. The van der Waals surface area contributed by atoms with Gasteiger partial charge in [0.2, 0.25) is 5.91 Å². The highest BCUT2D eigenvalue weighted by Gasteiger charge is 2.24. The number of pyridine rings is 1. The van der Waals surface area contributed by atoms with Crippen LogP contribution in [0.5, 0.6) is 5.75 Å². The Bertz CT molecular complexity index is 555. The van der Waals surface area contributed by atoms with Crippen molar-refractivity contribution in [1.29, 1.82) is 0 Å². The molecule has 6 heteroatoms. The third-order valence-corrected chi connectivity index (χ3v) is 3.80. The van der Waals surface area contributed by atoms with Gasteiger partial charge in [0.05, 0.1) is 13.2 Å². The molecule has 0 unspecified atom stereocenters. The highest BCUT2D eigenvalue weighted by Crippen LogP contribution is 2.14. The summed E-state index contributed by atoms with van der Waals surface area (Å²) in [5, 5.41) is 0. The van der Waals surface area contributed by atoms with Crippen LogP contribution >= 0.6 is 0 Å². The standard InChI is InChI=1S/C16H24N2O4/c1-3-10-22-13-6-4-8-17(11-13)15(19)12-18-9-5-7-14(21-2)16(18)20/h5,7,9,13H,3-4,6,8,10-12H2,1-2H3/t13-/m0/s1. The molecule has 0 saturated carbocycles. The molecule has 1 aromatic rings. The Labute approximate surface area is 130 Å². The maximum Gasteiger partial charge on any atom is 0.293 e. The first kappa shape index (κ1) is 16.5. The molecule has 1 aliphatic rings. The van der Waals surface area contributed by atoms with Gasteiger partial charge in [0.1, 0.15) is 6.54 Å². The van der Waals surface area contributed by atoms with Gasteiger partial charge in [0.15, 0.2) is 5.75 Å². The summed E-state index contributed by atoms with van der Waals surface area (Å²) in [7, 11) is 1.45. The summed E-state index contributed by atoms with van der Waals surface area (Å²) in [6.07, 6.45) is 4.62. The van der Waals surface area contributed by atoms with E-state index in [1.54, 1.807) is 23.2 Å². The first-order chi connectivity index (χ1) is 10.7. The lowest BCUT2D eigenvalue weighted by molar-refractivity contribution is -0.136. The summed E-state index contributed by atoms with van der Waals surface area (Å²) in [4.78, 5) is 26.3. The van der Waals surface area contributed by atoms with Gasteiger partial charge in [0.25, 0.3) is 5.56 Å². The Kier molecular flexibility index (Phi) is 6.00. The van der Waals surface area contributed by atoms with Crippen LogP contribution in [-0.4, -0.2) is 48.3 Å². The molecule has 1 amide bonds. The average Bonchev–Trinajstić information content (AvgIpc) is 2.55. The predicted octanol–water partition coefficient (Wildman–Crippen LogP) is 1.27. The van der Waals surface area contributed by atoms with Crippen LogP contribution in [-0.2, 0) is 16.1 Å². The summed E-state index contributed by atoms with van der Waals surface area (Å²) in [6, 6.07) is 3.30. The zero-order chi connectivity index (χ0) is 15.9. The number of amides is 1. The molecule has 1 aromatic heterocycles. The Balaban J connectivity index is 1.98. The van der Waals surface area contributed by atoms with E-state index in [0.29, 0.717) is 6.54 Å². The number of rotatable bonds is 6. The molecule has 0 N–H and O–H groups in total. The first-order valence-corrected chi connectivity index (χ1v) is 7.78. The zero-order valence-electron chi connectivity index (χ0n) is 13.3. The third kappa shape index (κ3) is 4.10. The molecular formula is C16H24N2O4. The minimum Gasteiger partial charge on any atom is -0.491 e. The quantitative estimate of drug-likeness (QED) is 0.794. The van der Waals surface area contributed by atoms with Gasteiger partial charge in [0, 0.05) is 25.9 Å². The number of nitrogens with zero attached hydrogens (tertiary/aromatic N) is 2. The second-order valence-electron chi connectivity index (χ2n) is 5.48. The van der Waals surface area contributed by atoms with Crippen LogP contribution in [0.25, 0.3) is 0 Å². The number of piperidine rings is 1.